The maximum absolute atomic E-state index is 13.0. The predicted octanol–water partition coefficient (Wildman–Crippen LogP) is 4.08. The fourth-order valence-electron chi connectivity index (χ4n) is 2.63. The van der Waals surface area contributed by atoms with Crippen LogP contribution >= 0.6 is 12.2 Å². The van der Waals surface area contributed by atoms with Gasteiger partial charge in [-0.1, -0.05) is 35.9 Å². The van der Waals surface area contributed by atoms with Gasteiger partial charge >= 0.3 is 6.18 Å². The molecule has 3 N–H and O–H groups in total. The van der Waals surface area contributed by atoms with Crippen LogP contribution in [0.3, 0.4) is 0 Å². The molecule has 3 rings (SSSR count). The van der Waals surface area contributed by atoms with E-state index in [1.165, 1.54) is 22.8 Å². The third-order valence-corrected chi connectivity index (χ3v) is 4.22. The molecule has 10 heteroatoms. The summed E-state index contributed by atoms with van der Waals surface area (Å²) in [7, 11) is 0. The van der Waals surface area contributed by atoms with Crippen molar-refractivity contribution in [1.29, 1.82) is 0 Å². The van der Waals surface area contributed by atoms with Crippen LogP contribution in [0.1, 0.15) is 11.1 Å². The second-order valence-electron chi connectivity index (χ2n) is 6.02. The van der Waals surface area contributed by atoms with Crippen molar-refractivity contribution in [2.24, 2.45) is 0 Å². The number of nitrogens with zero attached hydrogens (tertiary/aromatic N) is 2. The van der Waals surface area contributed by atoms with Gasteiger partial charge in [-0.3, -0.25) is 25.3 Å². The van der Waals surface area contributed by atoms with Crippen molar-refractivity contribution in [2.45, 2.75) is 19.6 Å². The summed E-state index contributed by atoms with van der Waals surface area (Å²) in [6, 6.07) is 12.3. The zero-order chi connectivity index (χ0) is 20.3. The molecule has 0 spiro atoms. The minimum atomic E-state index is -4.54. The number of carbonyl (C=O) groups excluding carboxylic acids is 1. The SMILES string of the molecule is Cc1cccc(-c2n[nH]c(=S)n2CC(=O)NNc2ccccc2C(F)(F)F)c1. The molecule has 28 heavy (non-hydrogen) atoms. The van der Waals surface area contributed by atoms with Gasteiger partial charge in [-0.05, 0) is 37.3 Å². The number of aromatic nitrogens is 3. The third-order valence-electron chi connectivity index (χ3n) is 3.91. The molecule has 6 nitrogen and oxygen atoms in total. The first-order valence-electron chi connectivity index (χ1n) is 8.19. The Balaban J connectivity index is 1.75. The lowest BCUT2D eigenvalue weighted by molar-refractivity contribution is -0.137. The van der Waals surface area contributed by atoms with E-state index in [1.807, 2.05) is 31.2 Å². The average molecular weight is 407 g/mol. The van der Waals surface area contributed by atoms with Crippen LogP contribution in [0, 0.1) is 11.7 Å². The number of carbonyl (C=O) groups is 1. The second-order valence-corrected chi connectivity index (χ2v) is 6.41. The number of hydrogen-bond acceptors (Lipinski definition) is 4. The topological polar surface area (TPSA) is 74.7 Å². The molecule has 0 aliphatic heterocycles. The molecule has 2 aromatic carbocycles. The van der Waals surface area contributed by atoms with Crippen molar-refractivity contribution in [3.63, 3.8) is 0 Å². The first kappa shape index (κ1) is 19.6. The van der Waals surface area contributed by atoms with E-state index < -0.39 is 17.6 Å². The largest absolute Gasteiger partial charge is 0.418 e. The number of amides is 1. The van der Waals surface area contributed by atoms with Gasteiger partial charge in [0, 0.05) is 5.56 Å². The van der Waals surface area contributed by atoms with Gasteiger partial charge in [-0.25, -0.2) is 0 Å². The Hall–Kier alpha value is -3.14. The Kier molecular flexibility index (Phi) is 5.50. The molecule has 0 bridgehead atoms. The molecular weight excluding hydrogens is 391 g/mol. The van der Waals surface area contributed by atoms with E-state index in [4.69, 9.17) is 12.2 Å². The molecule has 3 aromatic rings. The normalized spacial score (nSPS) is 11.3. The molecule has 0 unspecified atom stereocenters. The van der Waals surface area contributed by atoms with Gasteiger partial charge in [0.1, 0.15) is 6.54 Å². The van der Waals surface area contributed by atoms with Gasteiger partial charge in [0.15, 0.2) is 10.6 Å². The highest BCUT2D eigenvalue weighted by molar-refractivity contribution is 7.71. The van der Waals surface area contributed by atoms with Crippen molar-refractivity contribution in [1.82, 2.24) is 20.2 Å². The van der Waals surface area contributed by atoms with Crippen LogP contribution in [0.5, 0.6) is 0 Å². The number of H-pyrrole nitrogens is 1. The molecular formula is C18H16F3N5OS. The molecule has 1 heterocycles. The van der Waals surface area contributed by atoms with E-state index in [0.717, 1.165) is 17.2 Å². The van der Waals surface area contributed by atoms with Gasteiger partial charge in [0.05, 0.1) is 11.3 Å². The fraction of sp³-hybridized carbons (Fsp3) is 0.167. The monoisotopic (exact) mass is 407 g/mol. The summed E-state index contributed by atoms with van der Waals surface area (Å²) in [6.45, 7) is 1.70. The third kappa shape index (κ3) is 4.39. The molecule has 1 amide bonds. The highest BCUT2D eigenvalue weighted by Crippen LogP contribution is 2.34. The summed E-state index contributed by atoms with van der Waals surface area (Å²) >= 11 is 5.17. The van der Waals surface area contributed by atoms with E-state index >= 15 is 0 Å². The number of hydrogen-bond donors (Lipinski definition) is 3. The summed E-state index contributed by atoms with van der Waals surface area (Å²) in [5.41, 5.74) is 5.23. The summed E-state index contributed by atoms with van der Waals surface area (Å²) in [5.74, 6) is -0.122. The Bertz CT molecular complexity index is 1060. The standard InChI is InChI=1S/C18H16F3N5OS/c1-11-5-4-6-12(9-11)16-24-25-17(28)26(16)10-15(27)23-22-14-8-3-2-7-13(14)18(19,20)21/h2-9,22H,10H2,1H3,(H,23,27)(H,25,28). The highest BCUT2D eigenvalue weighted by Gasteiger charge is 2.33. The predicted molar refractivity (Wildman–Crippen MR) is 101 cm³/mol. The van der Waals surface area contributed by atoms with Crippen LogP contribution in [0.25, 0.3) is 11.4 Å². The Morgan fingerprint density at radius 2 is 1.96 bits per heavy atom. The van der Waals surface area contributed by atoms with Crippen molar-refractivity contribution >= 4 is 23.8 Å². The molecule has 0 radical (unpaired) electrons. The van der Waals surface area contributed by atoms with E-state index in [9.17, 15) is 18.0 Å². The summed E-state index contributed by atoms with van der Waals surface area (Å²) in [4.78, 5) is 12.3. The number of aryl methyl sites for hydroxylation is 1. The van der Waals surface area contributed by atoms with Crippen molar-refractivity contribution in [3.05, 3.63) is 64.4 Å². The molecule has 0 fully saturated rings. The average Bonchev–Trinajstić information content (AvgIpc) is 3.00. The number of halogens is 3. The van der Waals surface area contributed by atoms with Crippen LogP contribution < -0.4 is 10.9 Å². The number of anilines is 1. The number of benzene rings is 2. The fourth-order valence-corrected chi connectivity index (χ4v) is 2.83. The highest BCUT2D eigenvalue weighted by atomic mass is 32.1. The molecule has 0 atom stereocenters. The number of aromatic amines is 1. The maximum Gasteiger partial charge on any atom is 0.418 e. The quantitative estimate of drug-likeness (QED) is 0.440. The van der Waals surface area contributed by atoms with Crippen LogP contribution in [0.15, 0.2) is 48.5 Å². The van der Waals surface area contributed by atoms with Crippen LogP contribution in [-0.2, 0) is 17.5 Å². The molecule has 146 valence electrons. The number of rotatable bonds is 5. The van der Waals surface area contributed by atoms with Gasteiger partial charge in [-0.2, -0.15) is 18.3 Å². The molecule has 0 saturated heterocycles. The lowest BCUT2D eigenvalue weighted by Crippen LogP contribution is -2.33. The van der Waals surface area contributed by atoms with E-state index in [-0.39, 0.29) is 17.0 Å². The van der Waals surface area contributed by atoms with E-state index in [2.05, 4.69) is 21.0 Å². The number of alkyl halides is 3. The zero-order valence-electron chi connectivity index (χ0n) is 14.7. The summed E-state index contributed by atoms with van der Waals surface area (Å²) < 4.78 is 40.8. The molecule has 0 aliphatic carbocycles. The van der Waals surface area contributed by atoms with Gasteiger partial charge in [0.2, 0.25) is 0 Å². The summed E-state index contributed by atoms with van der Waals surface area (Å²) in [6.07, 6.45) is -4.54. The Morgan fingerprint density at radius 1 is 1.21 bits per heavy atom. The first-order chi connectivity index (χ1) is 13.3. The van der Waals surface area contributed by atoms with Gasteiger partial charge in [-0.15, -0.1) is 0 Å². The number of hydrazine groups is 1. The van der Waals surface area contributed by atoms with Crippen LogP contribution in [0.2, 0.25) is 0 Å². The first-order valence-corrected chi connectivity index (χ1v) is 8.60. The van der Waals surface area contributed by atoms with Crippen LogP contribution in [-0.4, -0.2) is 20.7 Å². The Morgan fingerprint density at radius 3 is 2.68 bits per heavy atom. The Labute approximate surface area is 163 Å². The van der Waals surface area contributed by atoms with Crippen molar-refractivity contribution < 1.29 is 18.0 Å². The molecule has 0 aliphatic rings. The maximum atomic E-state index is 13.0. The molecule has 1 aromatic heterocycles. The zero-order valence-corrected chi connectivity index (χ0v) is 15.5. The second kappa shape index (κ2) is 7.85. The van der Waals surface area contributed by atoms with Gasteiger partial charge < -0.3 is 0 Å². The van der Waals surface area contributed by atoms with Gasteiger partial charge in [0.25, 0.3) is 5.91 Å². The van der Waals surface area contributed by atoms with Crippen molar-refractivity contribution in [3.8, 4) is 11.4 Å². The number of nitrogens with one attached hydrogen (secondary N) is 3. The lowest BCUT2D eigenvalue weighted by Gasteiger charge is -2.15. The smallest absolute Gasteiger partial charge is 0.298 e. The van der Waals surface area contributed by atoms with Crippen molar-refractivity contribution in [2.75, 3.05) is 5.43 Å². The number of para-hydroxylation sites is 1. The van der Waals surface area contributed by atoms with E-state index in [0.29, 0.717) is 5.82 Å². The minimum Gasteiger partial charge on any atom is -0.298 e. The van der Waals surface area contributed by atoms with E-state index in [1.54, 1.807) is 0 Å². The minimum absolute atomic E-state index is 0.222. The summed E-state index contributed by atoms with van der Waals surface area (Å²) in [5, 5.41) is 6.77. The lowest BCUT2D eigenvalue weighted by atomic mass is 10.1. The molecule has 0 saturated carbocycles. The van der Waals surface area contributed by atoms with Crippen LogP contribution in [0.4, 0.5) is 18.9 Å².